The first-order chi connectivity index (χ1) is 9.70. The summed E-state index contributed by atoms with van der Waals surface area (Å²) in [7, 11) is 0. The summed E-state index contributed by atoms with van der Waals surface area (Å²) in [6, 6.07) is 11.0. The molecular formula is C16H14F2NO. The molecule has 0 fully saturated rings. The van der Waals surface area contributed by atoms with Crippen LogP contribution >= 0.6 is 0 Å². The van der Waals surface area contributed by atoms with Crippen molar-refractivity contribution in [3.8, 4) is 0 Å². The first-order valence-corrected chi connectivity index (χ1v) is 6.30. The summed E-state index contributed by atoms with van der Waals surface area (Å²) in [4.78, 5) is 5.00. The largest absolute Gasteiger partial charge is 0.390 e. The Morgan fingerprint density at radius 1 is 1.10 bits per heavy atom. The van der Waals surface area contributed by atoms with Crippen molar-refractivity contribution in [2.24, 2.45) is 5.16 Å². The summed E-state index contributed by atoms with van der Waals surface area (Å²) in [5.41, 5.74) is 2.20. The first kappa shape index (κ1) is 14.2. The van der Waals surface area contributed by atoms with E-state index in [1.807, 2.05) is 31.2 Å². The molecule has 2 nitrogen and oxygen atoms in total. The molecule has 4 heteroatoms. The van der Waals surface area contributed by atoms with Gasteiger partial charge in [-0.15, -0.1) is 0 Å². The van der Waals surface area contributed by atoms with Crippen molar-refractivity contribution >= 4 is 6.21 Å². The van der Waals surface area contributed by atoms with Crippen molar-refractivity contribution < 1.29 is 13.6 Å². The lowest BCUT2D eigenvalue weighted by Crippen LogP contribution is -1.95. The molecule has 0 N–H and O–H groups in total. The maximum Gasteiger partial charge on any atom is 0.145 e. The highest BCUT2D eigenvalue weighted by atomic mass is 19.1. The zero-order chi connectivity index (χ0) is 14.4. The minimum Gasteiger partial charge on any atom is -0.390 e. The molecule has 0 aliphatic rings. The molecule has 103 valence electrons. The third-order valence-electron chi connectivity index (χ3n) is 2.86. The summed E-state index contributed by atoms with van der Waals surface area (Å²) >= 11 is 0. The van der Waals surface area contributed by atoms with Crippen LogP contribution in [0.25, 0.3) is 0 Å². The molecule has 0 aliphatic heterocycles. The van der Waals surface area contributed by atoms with Crippen LogP contribution in [0, 0.1) is 11.6 Å². The fourth-order valence-electron chi connectivity index (χ4n) is 1.76. The molecule has 1 radical (unpaired) electrons. The molecule has 20 heavy (non-hydrogen) atoms. The van der Waals surface area contributed by atoms with E-state index < -0.39 is 11.6 Å². The quantitative estimate of drug-likeness (QED) is 0.597. The van der Waals surface area contributed by atoms with Crippen molar-refractivity contribution in [3.63, 3.8) is 0 Å². The molecule has 0 saturated heterocycles. The minimum absolute atomic E-state index is 0.0621. The van der Waals surface area contributed by atoms with E-state index >= 15 is 0 Å². The second kappa shape index (κ2) is 6.80. The fourth-order valence-corrected chi connectivity index (χ4v) is 1.76. The Morgan fingerprint density at radius 3 is 2.65 bits per heavy atom. The maximum absolute atomic E-state index is 13.3. The summed E-state index contributed by atoms with van der Waals surface area (Å²) in [5.74, 6) is -1.26. The van der Waals surface area contributed by atoms with Gasteiger partial charge in [-0.3, -0.25) is 0 Å². The molecule has 0 spiro atoms. The predicted molar refractivity (Wildman–Crippen MR) is 73.5 cm³/mol. The molecule has 0 atom stereocenters. The molecule has 0 bridgehead atoms. The second-order valence-electron chi connectivity index (χ2n) is 4.22. The highest BCUT2D eigenvalue weighted by molar-refractivity contribution is 5.81. The maximum atomic E-state index is 13.3. The average Bonchev–Trinajstić information content (AvgIpc) is 2.46. The van der Waals surface area contributed by atoms with Crippen LogP contribution in [0.2, 0.25) is 0 Å². The van der Waals surface area contributed by atoms with Gasteiger partial charge in [-0.2, -0.15) is 0 Å². The monoisotopic (exact) mass is 274 g/mol. The highest BCUT2D eigenvalue weighted by Gasteiger charge is 2.03. The Balaban J connectivity index is 1.97. The van der Waals surface area contributed by atoms with E-state index in [9.17, 15) is 8.78 Å². The molecule has 2 aromatic carbocycles. The first-order valence-electron chi connectivity index (χ1n) is 6.30. The van der Waals surface area contributed by atoms with Crippen LogP contribution in [-0.4, -0.2) is 6.21 Å². The van der Waals surface area contributed by atoms with Crippen LogP contribution in [0.4, 0.5) is 8.78 Å². The zero-order valence-electron chi connectivity index (χ0n) is 11.1. The van der Waals surface area contributed by atoms with Gasteiger partial charge >= 0.3 is 0 Å². The third-order valence-corrected chi connectivity index (χ3v) is 2.86. The van der Waals surface area contributed by atoms with Crippen LogP contribution in [0.15, 0.2) is 47.6 Å². The SMILES string of the molecule is CCc1ccccc1/[C]=N\OCc1ccc(F)cc1F. The lowest BCUT2D eigenvalue weighted by atomic mass is 10.1. The van der Waals surface area contributed by atoms with Gasteiger partial charge in [0.2, 0.25) is 0 Å². The van der Waals surface area contributed by atoms with E-state index in [0.29, 0.717) is 0 Å². The predicted octanol–water partition coefficient (Wildman–Crippen LogP) is 3.95. The lowest BCUT2D eigenvalue weighted by molar-refractivity contribution is 0.129. The normalized spacial score (nSPS) is 10.9. The Morgan fingerprint density at radius 2 is 1.90 bits per heavy atom. The molecule has 0 unspecified atom stereocenters. The zero-order valence-corrected chi connectivity index (χ0v) is 11.1. The van der Waals surface area contributed by atoms with Crippen LogP contribution < -0.4 is 0 Å². The molecule has 0 heterocycles. The number of halogens is 2. The van der Waals surface area contributed by atoms with Gasteiger partial charge in [0, 0.05) is 17.2 Å². The van der Waals surface area contributed by atoms with Gasteiger partial charge in [0.15, 0.2) is 0 Å². The van der Waals surface area contributed by atoms with Crippen molar-refractivity contribution in [1.82, 2.24) is 0 Å². The van der Waals surface area contributed by atoms with E-state index in [0.717, 1.165) is 23.6 Å². The highest BCUT2D eigenvalue weighted by Crippen LogP contribution is 2.11. The Labute approximate surface area is 116 Å². The Kier molecular flexibility index (Phi) is 4.82. The van der Waals surface area contributed by atoms with Gasteiger partial charge in [0.05, 0.1) is 0 Å². The molecule has 2 rings (SSSR count). The van der Waals surface area contributed by atoms with E-state index in [1.165, 1.54) is 12.1 Å². The van der Waals surface area contributed by atoms with Crippen molar-refractivity contribution in [3.05, 3.63) is 70.8 Å². The van der Waals surface area contributed by atoms with Gasteiger partial charge in [-0.05, 0) is 24.1 Å². The molecule has 0 aromatic heterocycles. The average molecular weight is 274 g/mol. The van der Waals surface area contributed by atoms with Gasteiger partial charge in [0.25, 0.3) is 0 Å². The molecule has 2 aromatic rings. The molecule has 0 aliphatic carbocycles. The summed E-state index contributed by atoms with van der Waals surface area (Å²) < 4.78 is 26.1. The topological polar surface area (TPSA) is 21.6 Å². The van der Waals surface area contributed by atoms with Gasteiger partial charge in [-0.1, -0.05) is 36.3 Å². The second-order valence-corrected chi connectivity index (χ2v) is 4.22. The Hall–Kier alpha value is -2.23. The van der Waals surface area contributed by atoms with Crippen molar-refractivity contribution in [1.29, 1.82) is 0 Å². The van der Waals surface area contributed by atoms with Gasteiger partial charge in [-0.25, -0.2) is 8.78 Å². The van der Waals surface area contributed by atoms with Gasteiger partial charge in [0.1, 0.15) is 24.5 Å². The smallest absolute Gasteiger partial charge is 0.145 e. The molecular weight excluding hydrogens is 260 g/mol. The molecule has 0 amide bonds. The Bertz CT molecular complexity index is 611. The molecule has 0 saturated carbocycles. The van der Waals surface area contributed by atoms with E-state index in [4.69, 9.17) is 4.84 Å². The standard InChI is InChI=1S/C16H14F2NO/c1-2-12-5-3-4-6-13(12)10-19-20-11-14-7-8-15(17)9-16(14)18/h3-9H,2,11H2,1H3. The van der Waals surface area contributed by atoms with Crippen LogP contribution in [-0.2, 0) is 17.9 Å². The summed E-state index contributed by atoms with van der Waals surface area (Å²) in [5, 5.41) is 3.70. The number of hydrogen-bond donors (Lipinski definition) is 0. The number of nitrogens with zero attached hydrogens (tertiary/aromatic N) is 1. The summed E-state index contributed by atoms with van der Waals surface area (Å²) in [6.07, 6.45) is 3.64. The number of aryl methyl sites for hydroxylation is 1. The van der Waals surface area contributed by atoms with E-state index in [1.54, 1.807) is 0 Å². The summed E-state index contributed by atoms with van der Waals surface area (Å²) in [6.45, 7) is 1.97. The van der Waals surface area contributed by atoms with Crippen molar-refractivity contribution in [2.45, 2.75) is 20.0 Å². The lowest BCUT2D eigenvalue weighted by Gasteiger charge is -2.02. The fraction of sp³-hybridized carbons (Fsp3) is 0.188. The van der Waals surface area contributed by atoms with Crippen LogP contribution in [0.1, 0.15) is 23.6 Å². The van der Waals surface area contributed by atoms with Crippen LogP contribution in [0.5, 0.6) is 0 Å². The number of benzene rings is 2. The van der Waals surface area contributed by atoms with Crippen LogP contribution in [0.3, 0.4) is 0 Å². The third kappa shape index (κ3) is 3.63. The van der Waals surface area contributed by atoms with E-state index in [2.05, 4.69) is 11.4 Å². The number of hydrogen-bond acceptors (Lipinski definition) is 2. The van der Waals surface area contributed by atoms with E-state index in [-0.39, 0.29) is 12.2 Å². The van der Waals surface area contributed by atoms with Gasteiger partial charge < -0.3 is 4.84 Å². The minimum atomic E-state index is -0.644. The van der Waals surface area contributed by atoms with Crippen molar-refractivity contribution in [2.75, 3.05) is 0 Å². The number of rotatable bonds is 5.